The van der Waals surface area contributed by atoms with Gasteiger partial charge < -0.3 is 9.84 Å². The van der Waals surface area contributed by atoms with Gasteiger partial charge in [-0.15, -0.1) is 0 Å². The van der Waals surface area contributed by atoms with Crippen molar-refractivity contribution in [1.29, 1.82) is 0 Å². The summed E-state index contributed by atoms with van der Waals surface area (Å²) >= 11 is 0. The number of hydrogen-bond donors (Lipinski definition) is 1. The lowest BCUT2D eigenvalue weighted by atomic mass is 10.3. The zero-order valence-electron chi connectivity index (χ0n) is 8.26. The van der Waals surface area contributed by atoms with Crippen LogP contribution in [0.4, 0.5) is 0 Å². The van der Waals surface area contributed by atoms with Crippen molar-refractivity contribution in [3.05, 3.63) is 42.6 Å². The summed E-state index contributed by atoms with van der Waals surface area (Å²) in [5.74, 6) is 0. The molecule has 0 spiro atoms. The molecule has 0 aliphatic carbocycles. The van der Waals surface area contributed by atoms with Crippen LogP contribution in [0.3, 0.4) is 0 Å². The van der Waals surface area contributed by atoms with Gasteiger partial charge in [0.15, 0.2) is 0 Å². The largest absolute Gasteiger partial charge is 0.364 e. The quantitative estimate of drug-likeness (QED) is 0.796. The number of nitrogens with one attached hydrogen (secondary N) is 1. The molecule has 0 aromatic carbocycles. The summed E-state index contributed by atoms with van der Waals surface area (Å²) in [6, 6.07) is 1.83. The molecule has 0 radical (unpaired) electrons. The Bertz CT molecular complexity index is 418. The van der Waals surface area contributed by atoms with Gasteiger partial charge in [0, 0.05) is 37.1 Å². The lowest BCUT2D eigenvalue weighted by Gasteiger charge is -1.98. The maximum absolute atomic E-state index is 4.72. The predicted octanol–water partition coefficient (Wildman–Crippen LogP) is 1.26. The molecule has 0 unspecified atom stereocenters. The summed E-state index contributed by atoms with van der Waals surface area (Å²) in [6.07, 6.45) is 6.94. The van der Waals surface area contributed by atoms with Crippen LogP contribution in [0.5, 0.6) is 0 Å². The minimum atomic E-state index is 0.690. The molecule has 2 heterocycles. The standard InChI is InChI=1S/C10H12N4O/c1-2-14-8-9(6-12-14)5-11-7-10-3-4-15-13-10/h2-4,6,8,11H,1,5,7H2. The number of hydrogen-bond acceptors (Lipinski definition) is 4. The lowest BCUT2D eigenvalue weighted by molar-refractivity contribution is 0.408. The van der Waals surface area contributed by atoms with E-state index in [-0.39, 0.29) is 0 Å². The van der Waals surface area contributed by atoms with Gasteiger partial charge in [-0.3, -0.25) is 0 Å². The van der Waals surface area contributed by atoms with E-state index in [0.29, 0.717) is 6.54 Å². The summed E-state index contributed by atoms with van der Waals surface area (Å²) in [5.41, 5.74) is 2.00. The Morgan fingerprint density at radius 2 is 2.47 bits per heavy atom. The van der Waals surface area contributed by atoms with Crippen LogP contribution in [0, 0.1) is 0 Å². The Balaban J connectivity index is 1.80. The normalized spacial score (nSPS) is 10.4. The fraction of sp³-hybridized carbons (Fsp3) is 0.200. The van der Waals surface area contributed by atoms with Gasteiger partial charge >= 0.3 is 0 Å². The van der Waals surface area contributed by atoms with Gasteiger partial charge in [0.25, 0.3) is 0 Å². The van der Waals surface area contributed by atoms with E-state index in [9.17, 15) is 0 Å². The van der Waals surface area contributed by atoms with Crippen molar-refractivity contribution < 1.29 is 4.52 Å². The minimum Gasteiger partial charge on any atom is -0.364 e. The highest BCUT2D eigenvalue weighted by molar-refractivity contribution is 5.17. The van der Waals surface area contributed by atoms with Crippen LogP contribution in [0.1, 0.15) is 11.3 Å². The first-order chi connectivity index (χ1) is 7.38. The Kier molecular flexibility index (Phi) is 2.94. The molecule has 2 rings (SSSR count). The molecule has 5 heteroatoms. The number of nitrogens with zero attached hydrogens (tertiary/aromatic N) is 3. The second-order valence-corrected chi connectivity index (χ2v) is 3.11. The van der Waals surface area contributed by atoms with E-state index in [1.54, 1.807) is 23.3 Å². The van der Waals surface area contributed by atoms with Crippen LogP contribution in [-0.2, 0) is 13.1 Å². The average molecular weight is 204 g/mol. The fourth-order valence-corrected chi connectivity index (χ4v) is 1.23. The molecule has 0 fully saturated rings. The Morgan fingerprint density at radius 1 is 1.53 bits per heavy atom. The molecule has 0 aliphatic heterocycles. The highest BCUT2D eigenvalue weighted by atomic mass is 16.5. The summed E-state index contributed by atoms with van der Waals surface area (Å²) in [4.78, 5) is 0. The van der Waals surface area contributed by atoms with Gasteiger partial charge in [-0.05, 0) is 0 Å². The Morgan fingerprint density at radius 3 is 3.13 bits per heavy atom. The molecule has 0 bridgehead atoms. The molecular formula is C10H12N4O. The van der Waals surface area contributed by atoms with Gasteiger partial charge in [-0.2, -0.15) is 5.10 Å². The Labute approximate surface area is 87.4 Å². The predicted molar refractivity (Wildman–Crippen MR) is 55.7 cm³/mol. The minimum absolute atomic E-state index is 0.690. The van der Waals surface area contributed by atoms with Crippen molar-refractivity contribution in [3.8, 4) is 0 Å². The van der Waals surface area contributed by atoms with Crippen molar-refractivity contribution >= 4 is 6.20 Å². The van der Waals surface area contributed by atoms with E-state index in [1.165, 1.54) is 0 Å². The molecule has 15 heavy (non-hydrogen) atoms. The van der Waals surface area contributed by atoms with Gasteiger partial charge in [-0.25, -0.2) is 4.68 Å². The smallest absolute Gasteiger partial charge is 0.124 e. The fourth-order valence-electron chi connectivity index (χ4n) is 1.23. The molecule has 2 aromatic heterocycles. The van der Waals surface area contributed by atoms with Crippen LogP contribution in [0.2, 0.25) is 0 Å². The first-order valence-corrected chi connectivity index (χ1v) is 4.64. The summed E-state index contributed by atoms with van der Waals surface area (Å²) in [7, 11) is 0. The van der Waals surface area contributed by atoms with Crippen molar-refractivity contribution in [3.63, 3.8) is 0 Å². The molecule has 0 amide bonds. The second-order valence-electron chi connectivity index (χ2n) is 3.11. The lowest BCUT2D eigenvalue weighted by Crippen LogP contribution is -2.12. The third kappa shape index (κ3) is 2.54. The van der Waals surface area contributed by atoms with Gasteiger partial charge in [0.1, 0.15) is 6.26 Å². The molecule has 5 nitrogen and oxygen atoms in total. The van der Waals surface area contributed by atoms with Crippen molar-refractivity contribution in [2.24, 2.45) is 0 Å². The molecule has 0 saturated heterocycles. The second kappa shape index (κ2) is 4.56. The number of rotatable bonds is 5. The monoisotopic (exact) mass is 204 g/mol. The van der Waals surface area contributed by atoms with E-state index in [4.69, 9.17) is 4.52 Å². The highest BCUT2D eigenvalue weighted by Gasteiger charge is 1.98. The van der Waals surface area contributed by atoms with Crippen LogP contribution < -0.4 is 5.32 Å². The number of aromatic nitrogens is 3. The summed E-state index contributed by atoms with van der Waals surface area (Å²) in [5, 5.41) is 11.1. The Hall–Kier alpha value is -1.88. The average Bonchev–Trinajstić information content (AvgIpc) is 2.88. The first-order valence-electron chi connectivity index (χ1n) is 4.64. The molecule has 0 atom stereocenters. The first kappa shape index (κ1) is 9.67. The van der Waals surface area contributed by atoms with Crippen LogP contribution >= 0.6 is 0 Å². The maximum atomic E-state index is 4.72. The zero-order valence-corrected chi connectivity index (χ0v) is 8.26. The molecule has 0 saturated carbocycles. The van der Waals surface area contributed by atoms with Gasteiger partial charge in [0.05, 0.1) is 11.9 Å². The highest BCUT2D eigenvalue weighted by Crippen LogP contribution is 1.98. The molecule has 78 valence electrons. The third-order valence-corrected chi connectivity index (χ3v) is 1.97. The van der Waals surface area contributed by atoms with Crippen LogP contribution in [0.25, 0.3) is 6.20 Å². The van der Waals surface area contributed by atoms with E-state index >= 15 is 0 Å². The summed E-state index contributed by atoms with van der Waals surface area (Å²) < 4.78 is 6.39. The molecular weight excluding hydrogens is 192 g/mol. The van der Waals surface area contributed by atoms with Crippen molar-refractivity contribution in [2.75, 3.05) is 0 Å². The topological polar surface area (TPSA) is 55.9 Å². The zero-order chi connectivity index (χ0) is 10.5. The SMILES string of the molecule is C=Cn1cc(CNCc2ccon2)cn1. The van der Waals surface area contributed by atoms with Gasteiger partial charge in [0.2, 0.25) is 0 Å². The summed E-state index contributed by atoms with van der Waals surface area (Å²) in [6.45, 7) is 5.06. The molecule has 0 aliphatic rings. The van der Waals surface area contributed by atoms with E-state index < -0.39 is 0 Å². The van der Waals surface area contributed by atoms with Crippen molar-refractivity contribution in [2.45, 2.75) is 13.1 Å². The maximum Gasteiger partial charge on any atom is 0.124 e. The third-order valence-electron chi connectivity index (χ3n) is 1.97. The van der Waals surface area contributed by atoms with Crippen molar-refractivity contribution in [1.82, 2.24) is 20.3 Å². The van der Waals surface area contributed by atoms with E-state index in [2.05, 4.69) is 22.2 Å². The van der Waals surface area contributed by atoms with Crippen LogP contribution in [0.15, 0.2) is 35.8 Å². The van der Waals surface area contributed by atoms with Gasteiger partial charge in [-0.1, -0.05) is 11.7 Å². The molecule has 2 aromatic rings. The van der Waals surface area contributed by atoms with E-state index in [0.717, 1.165) is 17.8 Å². The van der Waals surface area contributed by atoms with E-state index in [1.807, 2.05) is 12.3 Å². The van der Waals surface area contributed by atoms with Crippen LogP contribution in [-0.4, -0.2) is 14.9 Å². The molecule has 1 N–H and O–H groups in total.